The zero-order chi connectivity index (χ0) is 13.1. The van der Waals surface area contributed by atoms with E-state index in [-0.39, 0.29) is 17.5 Å². The summed E-state index contributed by atoms with van der Waals surface area (Å²) in [5, 5.41) is 9.88. The molecule has 0 bridgehead atoms. The molecule has 1 aliphatic rings. The van der Waals surface area contributed by atoms with Gasteiger partial charge in [-0.3, -0.25) is 9.18 Å². The number of rotatable bonds is 4. The minimum atomic E-state index is -0.666. The SMILES string of the molecule is CC(CF)C(=O)/C=C(\O)C1CCC(C)(C)CC1. The molecule has 98 valence electrons. The molecule has 1 atom stereocenters. The highest BCUT2D eigenvalue weighted by molar-refractivity contribution is 5.91. The third-order valence-electron chi connectivity index (χ3n) is 3.76. The van der Waals surface area contributed by atoms with Gasteiger partial charge < -0.3 is 5.11 Å². The summed E-state index contributed by atoms with van der Waals surface area (Å²) in [7, 11) is 0. The predicted molar refractivity (Wildman–Crippen MR) is 66.6 cm³/mol. The Morgan fingerprint density at radius 1 is 1.47 bits per heavy atom. The van der Waals surface area contributed by atoms with Crippen LogP contribution in [0.2, 0.25) is 0 Å². The zero-order valence-electron chi connectivity index (χ0n) is 11.0. The Morgan fingerprint density at radius 2 is 2.00 bits per heavy atom. The average Bonchev–Trinajstić information content (AvgIpc) is 2.27. The van der Waals surface area contributed by atoms with Crippen molar-refractivity contribution in [3.8, 4) is 0 Å². The lowest BCUT2D eigenvalue weighted by Crippen LogP contribution is -2.23. The van der Waals surface area contributed by atoms with E-state index in [2.05, 4.69) is 13.8 Å². The van der Waals surface area contributed by atoms with E-state index in [4.69, 9.17) is 0 Å². The second-order valence-electron chi connectivity index (χ2n) is 5.97. The van der Waals surface area contributed by atoms with Gasteiger partial charge in [0.25, 0.3) is 0 Å². The Morgan fingerprint density at radius 3 is 2.47 bits per heavy atom. The first-order chi connectivity index (χ1) is 7.85. The summed E-state index contributed by atoms with van der Waals surface area (Å²) >= 11 is 0. The van der Waals surface area contributed by atoms with Gasteiger partial charge >= 0.3 is 0 Å². The van der Waals surface area contributed by atoms with Crippen LogP contribution in [-0.4, -0.2) is 17.6 Å². The number of hydrogen-bond donors (Lipinski definition) is 1. The monoisotopic (exact) mass is 242 g/mol. The summed E-state index contributed by atoms with van der Waals surface area (Å²) < 4.78 is 12.3. The first-order valence-corrected chi connectivity index (χ1v) is 6.36. The first-order valence-electron chi connectivity index (χ1n) is 6.36. The number of halogens is 1. The predicted octanol–water partition coefficient (Wildman–Crippen LogP) is 3.82. The Kier molecular flexibility index (Phi) is 4.72. The highest BCUT2D eigenvalue weighted by Gasteiger charge is 2.29. The highest BCUT2D eigenvalue weighted by atomic mass is 19.1. The van der Waals surface area contributed by atoms with Crippen LogP contribution in [0.25, 0.3) is 0 Å². The summed E-state index contributed by atoms with van der Waals surface area (Å²) in [6, 6.07) is 0. The topological polar surface area (TPSA) is 37.3 Å². The molecule has 0 aromatic carbocycles. The van der Waals surface area contributed by atoms with Crippen molar-refractivity contribution < 1.29 is 14.3 Å². The zero-order valence-corrected chi connectivity index (χ0v) is 11.0. The molecule has 0 spiro atoms. The van der Waals surface area contributed by atoms with Crippen LogP contribution in [0.15, 0.2) is 11.8 Å². The molecule has 1 unspecified atom stereocenters. The van der Waals surface area contributed by atoms with Gasteiger partial charge in [-0.2, -0.15) is 0 Å². The molecule has 0 saturated heterocycles. The lowest BCUT2D eigenvalue weighted by Gasteiger charge is -2.33. The third-order valence-corrected chi connectivity index (χ3v) is 3.76. The van der Waals surface area contributed by atoms with Gasteiger partial charge in [0.1, 0.15) is 0 Å². The molecule has 1 fully saturated rings. The van der Waals surface area contributed by atoms with Crippen LogP contribution in [0.3, 0.4) is 0 Å². The van der Waals surface area contributed by atoms with Crippen molar-refractivity contribution in [2.45, 2.75) is 46.5 Å². The molecule has 1 aliphatic carbocycles. The molecular formula is C14H23FO2. The van der Waals surface area contributed by atoms with Crippen LogP contribution in [0.4, 0.5) is 4.39 Å². The van der Waals surface area contributed by atoms with Crippen LogP contribution in [0.1, 0.15) is 46.5 Å². The van der Waals surface area contributed by atoms with Crippen LogP contribution >= 0.6 is 0 Å². The number of hydrogen-bond acceptors (Lipinski definition) is 2. The van der Waals surface area contributed by atoms with Crippen molar-refractivity contribution in [2.24, 2.45) is 17.3 Å². The van der Waals surface area contributed by atoms with Gasteiger partial charge in [-0.05, 0) is 31.1 Å². The van der Waals surface area contributed by atoms with Crippen molar-refractivity contribution in [3.05, 3.63) is 11.8 Å². The molecule has 0 amide bonds. The van der Waals surface area contributed by atoms with E-state index in [0.717, 1.165) is 25.7 Å². The Labute approximate surface area is 103 Å². The Balaban J connectivity index is 2.56. The summed E-state index contributed by atoms with van der Waals surface area (Å²) in [6.07, 6.45) is 5.16. The van der Waals surface area contributed by atoms with Crippen molar-refractivity contribution in [3.63, 3.8) is 0 Å². The smallest absolute Gasteiger partial charge is 0.164 e. The van der Waals surface area contributed by atoms with Gasteiger partial charge in [-0.25, -0.2) is 0 Å². The van der Waals surface area contributed by atoms with E-state index in [1.165, 1.54) is 13.0 Å². The van der Waals surface area contributed by atoms with Crippen molar-refractivity contribution in [2.75, 3.05) is 6.67 Å². The fourth-order valence-electron chi connectivity index (χ4n) is 2.18. The van der Waals surface area contributed by atoms with Gasteiger partial charge in [0.2, 0.25) is 0 Å². The molecule has 3 heteroatoms. The maximum absolute atomic E-state index is 12.3. The maximum atomic E-state index is 12.3. The van der Waals surface area contributed by atoms with Gasteiger partial charge in [-0.15, -0.1) is 0 Å². The van der Waals surface area contributed by atoms with Crippen LogP contribution in [-0.2, 0) is 4.79 Å². The number of carbonyl (C=O) groups is 1. The molecule has 0 aromatic rings. The summed E-state index contributed by atoms with van der Waals surface area (Å²) in [5.41, 5.74) is 0.340. The number of aliphatic hydroxyl groups excluding tert-OH is 1. The van der Waals surface area contributed by atoms with Crippen LogP contribution in [0, 0.1) is 17.3 Å². The number of carbonyl (C=O) groups excluding carboxylic acids is 1. The van der Waals surface area contributed by atoms with E-state index in [0.29, 0.717) is 5.41 Å². The van der Waals surface area contributed by atoms with E-state index in [9.17, 15) is 14.3 Å². The molecule has 1 N–H and O–H groups in total. The van der Waals surface area contributed by atoms with E-state index >= 15 is 0 Å². The van der Waals surface area contributed by atoms with Gasteiger partial charge in [-0.1, -0.05) is 20.8 Å². The standard InChI is InChI=1S/C14H23FO2/c1-10(9-15)12(16)8-13(17)11-4-6-14(2,3)7-5-11/h8,10-11,17H,4-7,9H2,1-3H3/b13-8-. The van der Waals surface area contributed by atoms with Crippen LogP contribution in [0.5, 0.6) is 0 Å². The number of ketones is 1. The van der Waals surface area contributed by atoms with Gasteiger partial charge in [0, 0.05) is 17.9 Å². The fourth-order valence-corrected chi connectivity index (χ4v) is 2.18. The van der Waals surface area contributed by atoms with Crippen molar-refractivity contribution >= 4 is 5.78 Å². The number of alkyl halides is 1. The Bertz CT molecular complexity index is 297. The molecule has 0 aliphatic heterocycles. The lowest BCUT2D eigenvalue weighted by molar-refractivity contribution is -0.118. The molecule has 17 heavy (non-hydrogen) atoms. The molecule has 0 radical (unpaired) electrons. The first kappa shape index (κ1) is 14.2. The minimum Gasteiger partial charge on any atom is -0.512 e. The van der Waals surface area contributed by atoms with Gasteiger partial charge in [0.15, 0.2) is 5.78 Å². The van der Waals surface area contributed by atoms with E-state index in [1.54, 1.807) is 0 Å². The van der Waals surface area contributed by atoms with Crippen molar-refractivity contribution in [1.29, 1.82) is 0 Å². The second kappa shape index (κ2) is 5.65. The molecule has 0 heterocycles. The molecule has 2 nitrogen and oxygen atoms in total. The summed E-state index contributed by atoms with van der Waals surface area (Å²) in [5.74, 6) is -0.725. The quantitative estimate of drug-likeness (QED) is 0.601. The average molecular weight is 242 g/mol. The van der Waals surface area contributed by atoms with Crippen LogP contribution < -0.4 is 0 Å². The van der Waals surface area contributed by atoms with Crippen molar-refractivity contribution in [1.82, 2.24) is 0 Å². The second-order valence-corrected chi connectivity index (χ2v) is 5.97. The Hall–Kier alpha value is -0.860. The fraction of sp³-hybridized carbons (Fsp3) is 0.786. The summed E-state index contributed by atoms with van der Waals surface area (Å²) in [4.78, 5) is 11.5. The molecule has 1 rings (SSSR count). The third kappa shape index (κ3) is 4.14. The largest absolute Gasteiger partial charge is 0.512 e. The summed E-state index contributed by atoms with van der Waals surface area (Å²) in [6.45, 7) is 5.32. The van der Waals surface area contributed by atoms with E-state index in [1.807, 2.05) is 0 Å². The normalized spacial score (nSPS) is 23.4. The molecule has 0 aromatic heterocycles. The highest BCUT2D eigenvalue weighted by Crippen LogP contribution is 2.40. The lowest BCUT2D eigenvalue weighted by atomic mass is 9.72. The minimum absolute atomic E-state index is 0.0822. The maximum Gasteiger partial charge on any atom is 0.164 e. The van der Waals surface area contributed by atoms with Gasteiger partial charge in [0.05, 0.1) is 12.4 Å². The number of allylic oxidation sites excluding steroid dienone is 2. The van der Waals surface area contributed by atoms with E-state index < -0.39 is 12.6 Å². The molecular weight excluding hydrogens is 219 g/mol. The molecule has 1 saturated carbocycles. The number of aliphatic hydroxyl groups is 1.